The molecule has 0 radical (unpaired) electrons. The second-order valence-electron chi connectivity index (χ2n) is 3.92. The maximum absolute atomic E-state index is 4.23. The molecule has 1 aliphatic heterocycles. The van der Waals surface area contributed by atoms with Crippen molar-refractivity contribution in [3.8, 4) is 0 Å². The fraction of sp³-hybridized carbons (Fsp3) is 0.778. The molecule has 13 heavy (non-hydrogen) atoms. The van der Waals surface area contributed by atoms with E-state index >= 15 is 0 Å². The van der Waals surface area contributed by atoms with Crippen molar-refractivity contribution in [2.75, 3.05) is 13.1 Å². The first-order valence-electron chi connectivity index (χ1n) is 4.82. The standard InChI is InChI=1S/C9H16N4/c1-6(2)13-7(3)11-12-9(13)8-4-10-5-8/h6,8,10H,4-5H2,1-3H3. The van der Waals surface area contributed by atoms with Crippen molar-refractivity contribution < 1.29 is 0 Å². The largest absolute Gasteiger partial charge is 0.315 e. The predicted molar refractivity (Wildman–Crippen MR) is 50.8 cm³/mol. The minimum atomic E-state index is 0.464. The Labute approximate surface area is 78.4 Å². The third kappa shape index (κ3) is 1.35. The van der Waals surface area contributed by atoms with Crippen LogP contribution in [0.3, 0.4) is 0 Å². The van der Waals surface area contributed by atoms with Crippen LogP contribution in [0.4, 0.5) is 0 Å². The van der Waals surface area contributed by atoms with Crippen LogP contribution in [0.15, 0.2) is 0 Å². The van der Waals surface area contributed by atoms with Crippen LogP contribution >= 0.6 is 0 Å². The van der Waals surface area contributed by atoms with Gasteiger partial charge >= 0.3 is 0 Å². The molecule has 0 unspecified atom stereocenters. The molecular weight excluding hydrogens is 164 g/mol. The first kappa shape index (κ1) is 8.69. The molecule has 2 rings (SSSR count). The lowest BCUT2D eigenvalue weighted by Gasteiger charge is -2.27. The number of rotatable bonds is 2. The van der Waals surface area contributed by atoms with Gasteiger partial charge in [-0.25, -0.2) is 0 Å². The Hall–Kier alpha value is -0.900. The summed E-state index contributed by atoms with van der Waals surface area (Å²) in [4.78, 5) is 0. The minimum Gasteiger partial charge on any atom is -0.315 e. The minimum absolute atomic E-state index is 0.464. The van der Waals surface area contributed by atoms with Crippen LogP contribution in [0.1, 0.15) is 37.5 Å². The van der Waals surface area contributed by atoms with E-state index in [4.69, 9.17) is 0 Å². The number of aryl methyl sites for hydroxylation is 1. The Morgan fingerprint density at radius 2 is 2.08 bits per heavy atom. The summed E-state index contributed by atoms with van der Waals surface area (Å²) >= 11 is 0. The summed E-state index contributed by atoms with van der Waals surface area (Å²) in [5.41, 5.74) is 0. The van der Waals surface area contributed by atoms with Crippen LogP contribution in [0, 0.1) is 6.92 Å². The number of hydrogen-bond donors (Lipinski definition) is 1. The third-order valence-corrected chi connectivity index (χ3v) is 2.56. The lowest BCUT2D eigenvalue weighted by Crippen LogP contribution is -2.41. The topological polar surface area (TPSA) is 42.7 Å². The first-order valence-corrected chi connectivity index (χ1v) is 4.82. The van der Waals surface area contributed by atoms with E-state index in [0.717, 1.165) is 24.7 Å². The highest BCUT2D eigenvalue weighted by atomic mass is 15.3. The number of aromatic nitrogens is 3. The molecule has 1 aliphatic rings. The van der Waals surface area contributed by atoms with Gasteiger partial charge in [0.25, 0.3) is 0 Å². The summed E-state index contributed by atoms with van der Waals surface area (Å²) in [6, 6.07) is 0.464. The molecule has 1 aromatic rings. The van der Waals surface area contributed by atoms with E-state index in [1.54, 1.807) is 0 Å². The molecule has 1 fully saturated rings. The summed E-state index contributed by atoms with van der Waals surface area (Å²) in [7, 11) is 0. The van der Waals surface area contributed by atoms with Crippen LogP contribution in [-0.4, -0.2) is 27.9 Å². The van der Waals surface area contributed by atoms with Crippen molar-refractivity contribution in [1.29, 1.82) is 0 Å². The Morgan fingerprint density at radius 3 is 2.54 bits per heavy atom. The molecule has 0 saturated carbocycles. The van der Waals surface area contributed by atoms with Gasteiger partial charge in [0.1, 0.15) is 11.6 Å². The van der Waals surface area contributed by atoms with Crippen LogP contribution < -0.4 is 5.32 Å². The number of nitrogens with one attached hydrogen (secondary N) is 1. The van der Waals surface area contributed by atoms with Crippen LogP contribution in [0.5, 0.6) is 0 Å². The summed E-state index contributed by atoms with van der Waals surface area (Å²) in [5.74, 6) is 2.74. The normalized spacial score (nSPS) is 17.8. The molecule has 72 valence electrons. The van der Waals surface area contributed by atoms with Crippen molar-refractivity contribution in [2.45, 2.75) is 32.7 Å². The van der Waals surface area contributed by atoms with Crippen molar-refractivity contribution in [2.24, 2.45) is 0 Å². The van der Waals surface area contributed by atoms with Gasteiger partial charge in [-0.05, 0) is 20.8 Å². The molecule has 0 bridgehead atoms. The highest BCUT2D eigenvalue weighted by Gasteiger charge is 2.25. The molecule has 0 aliphatic carbocycles. The Balaban J connectivity index is 2.33. The average molecular weight is 180 g/mol. The maximum Gasteiger partial charge on any atom is 0.138 e. The fourth-order valence-corrected chi connectivity index (χ4v) is 1.77. The van der Waals surface area contributed by atoms with Gasteiger partial charge in [0.15, 0.2) is 0 Å². The van der Waals surface area contributed by atoms with E-state index in [1.165, 1.54) is 0 Å². The van der Waals surface area contributed by atoms with E-state index in [0.29, 0.717) is 12.0 Å². The van der Waals surface area contributed by atoms with Crippen molar-refractivity contribution >= 4 is 0 Å². The molecule has 0 atom stereocenters. The van der Waals surface area contributed by atoms with E-state index in [1.807, 2.05) is 6.92 Å². The van der Waals surface area contributed by atoms with Gasteiger partial charge in [0.2, 0.25) is 0 Å². The Bertz CT molecular complexity index is 299. The second kappa shape index (κ2) is 3.10. The van der Waals surface area contributed by atoms with Gasteiger partial charge < -0.3 is 9.88 Å². The molecule has 1 aromatic heterocycles. The monoisotopic (exact) mass is 180 g/mol. The van der Waals surface area contributed by atoms with E-state index in [-0.39, 0.29) is 0 Å². The van der Waals surface area contributed by atoms with Gasteiger partial charge in [0.05, 0.1) is 0 Å². The van der Waals surface area contributed by atoms with Gasteiger partial charge in [0, 0.05) is 25.0 Å². The molecule has 4 nitrogen and oxygen atoms in total. The third-order valence-electron chi connectivity index (χ3n) is 2.56. The summed E-state index contributed by atoms with van der Waals surface area (Å²) in [6.07, 6.45) is 0. The highest BCUT2D eigenvalue weighted by molar-refractivity contribution is 5.07. The summed E-state index contributed by atoms with van der Waals surface area (Å²) < 4.78 is 2.23. The zero-order valence-corrected chi connectivity index (χ0v) is 8.41. The summed E-state index contributed by atoms with van der Waals surface area (Å²) in [5, 5.41) is 11.6. The molecule has 1 saturated heterocycles. The second-order valence-corrected chi connectivity index (χ2v) is 3.92. The first-order chi connectivity index (χ1) is 6.20. The number of nitrogens with zero attached hydrogens (tertiary/aromatic N) is 3. The number of hydrogen-bond acceptors (Lipinski definition) is 3. The van der Waals surface area contributed by atoms with E-state index < -0.39 is 0 Å². The maximum atomic E-state index is 4.23. The predicted octanol–water partition coefficient (Wildman–Crippen LogP) is 0.854. The average Bonchev–Trinajstić information content (AvgIpc) is 2.28. The van der Waals surface area contributed by atoms with Crippen LogP contribution in [0.2, 0.25) is 0 Å². The SMILES string of the molecule is Cc1nnc(C2CNC2)n1C(C)C. The van der Waals surface area contributed by atoms with Gasteiger partial charge in [-0.1, -0.05) is 0 Å². The molecule has 2 heterocycles. The van der Waals surface area contributed by atoms with Gasteiger partial charge in [-0.2, -0.15) is 0 Å². The lowest BCUT2D eigenvalue weighted by atomic mass is 10.0. The molecule has 0 aromatic carbocycles. The summed E-state index contributed by atoms with van der Waals surface area (Å²) in [6.45, 7) is 8.45. The van der Waals surface area contributed by atoms with Crippen LogP contribution in [-0.2, 0) is 0 Å². The molecule has 4 heteroatoms. The van der Waals surface area contributed by atoms with E-state index in [2.05, 4.69) is 33.9 Å². The smallest absolute Gasteiger partial charge is 0.138 e. The van der Waals surface area contributed by atoms with Crippen LogP contribution in [0.25, 0.3) is 0 Å². The highest BCUT2D eigenvalue weighted by Crippen LogP contribution is 2.21. The molecule has 0 spiro atoms. The lowest BCUT2D eigenvalue weighted by molar-refractivity contribution is 0.402. The van der Waals surface area contributed by atoms with Crippen molar-refractivity contribution in [3.63, 3.8) is 0 Å². The Morgan fingerprint density at radius 1 is 1.38 bits per heavy atom. The molecule has 0 amide bonds. The zero-order valence-electron chi connectivity index (χ0n) is 8.41. The van der Waals surface area contributed by atoms with Crippen molar-refractivity contribution in [1.82, 2.24) is 20.1 Å². The molecule has 1 N–H and O–H groups in total. The molecular formula is C9H16N4. The van der Waals surface area contributed by atoms with Crippen molar-refractivity contribution in [3.05, 3.63) is 11.6 Å². The van der Waals surface area contributed by atoms with Gasteiger partial charge in [-0.15, -0.1) is 10.2 Å². The van der Waals surface area contributed by atoms with Gasteiger partial charge in [-0.3, -0.25) is 0 Å². The van der Waals surface area contributed by atoms with E-state index in [9.17, 15) is 0 Å². The zero-order chi connectivity index (χ0) is 9.42. The Kier molecular flexibility index (Phi) is 2.07. The quantitative estimate of drug-likeness (QED) is 0.734. The fourth-order valence-electron chi connectivity index (χ4n) is 1.77.